The minimum Gasteiger partial charge on any atom is -0.491 e. The number of benzene rings is 2. The summed E-state index contributed by atoms with van der Waals surface area (Å²) < 4.78 is 0. The quantitative estimate of drug-likeness (QED) is 0.392. The van der Waals surface area contributed by atoms with Crippen molar-refractivity contribution in [1.82, 2.24) is 25.5 Å². The summed E-state index contributed by atoms with van der Waals surface area (Å²) >= 11 is 6.40. The Morgan fingerprint density at radius 2 is 1.87 bits per heavy atom. The summed E-state index contributed by atoms with van der Waals surface area (Å²) in [5.41, 5.74) is 3.12. The molecule has 5 rings (SSSR count). The van der Waals surface area contributed by atoms with Crippen LogP contribution in [0, 0.1) is 0 Å². The van der Waals surface area contributed by atoms with Gasteiger partial charge < -0.3 is 10.4 Å². The molecule has 4 N–H and O–H groups in total. The van der Waals surface area contributed by atoms with E-state index in [4.69, 9.17) is 11.6 Å². The van der Waals surface area contributed by atoms with Crippen molar-refractivity contribution in [2.45, 2.75) is 18.9 Å². The predicted octanol–water partition coefficient (Wildman–Crippen LogP) is 4.33. The first-order chi connectivity index (χ1) is 14.6. The van der Waals surface area contributed by atoms with Gasteiger partial charge in [-0.3, -0.25) is 10.4 Å². The second kappa shape index (κ2) is 7.31. The molecule has 0 bridgehead atoms. The van der Waals surface area contributed by atoms with E-state index in [0.717, 1.165) is 23.8 Å². The van der Waals surface area contributed by atoms with Crippen LogP contribution in [0.3, 0.4) is 0 Å². The lowest BCUT2D eigenvalue weighted by Gasteiger charge is -2.13. The number of aromatic hydroxyl groups is 1. The zero-order valence-electron chi connectivity index (χ0n) is 15.7. The lowest BCUT2D eigenvalue weighted by Crippen LogP contribution is -2.30. The molecule has 0 unspecified atom stereocenters. The number of carbonyl (C=O) groups is 1. The highest BCUT2D eigenvalue weighted by atomic mass is 35.5. The number of H-pyrrole nitrogens is 1. The summed E-state index contributed by atoms with van der Waals surface area (Å²) in [5.74, 6) is -0.384. The van der Waals surface area contributed by atoms with Crippen LogP contribution in [0.4, 0.5) is 10.6 Å². The summed E-state index contributed by atoms with van der Waals surface area (Å²) in [6.45, 7) is 0. The number of fused-ring (bicyclic) bond motifs is 1. The Bertz CT molecular complexity index is 1250. The lowest BCUT2D eigenvalue weighted by atomic mass is 10.0. The Labute approximate surface area is 176 Å². The summed E-state index contributed by atoms with van der Waals surface area (Å²) in [5, 5.41) is 24.1. The van der Waals surface area contributed by atoms with Crippen molar-refractivity contribution in [3.63, 3.8) is 0 Å². The van der Waals surface area contributed by atoms with Crippen LogP contribution in [0.15, 0.2) is 48.7 Å². The Balaban J connectivity index is 1.63. The molecule has 30 heavy (non-hydrogen) atoms. The number of amides is 2. The van der Waals surface area contributed by atoms with Gasteiger partial charge in [-0.05, 0) is 25.0 Å². The summed E-state index contributed by atoms with van der Waals surface area (Å²) in [4.78, 5) is 21.0. The van der Waals surface area contributed by atoms with Gasteiger partial charge in [0.25, 0.3) is 5.88 Å². The Morgan fingerprint density at radius 3 is 2.63 bits per heavy atom. The summed E-state index contributed by atoms with van der Waals surface area (Å²) in [6.07, 6.45) is 3.57. The summed E-state index contributed by atoms with van der Waals surface area (Å²) in [7, 11) is 0. The zero-order chi connectivity index (χ0) is 20.7. The third-order valence-corrected chi connectivity index (χ3v) is 5.14. The van der Waals surface area contributed by atoms with Crippen LogP contribution in [0.25, 0.3) is 33.4 Å². The topological polar surface area (TPSA) is 116 Å². The first-order valence-electron chi connectivity index (χ1n) is 9.45. The monoisotopic (exact) mass is 420 g/mol. The molecule has 1 saturated carbocycles. The van der Waals surface area contributed by atoms with Crippen molar-refractivity contribution in [3.05, 3.63) is 53.7 Å². The molecular formula is C21H17ClN6O2. The molecule has 2 aromatic carbocycles. The average molecular weight is 421 g/mol. The minimum absolute atomic E-state index is 0.00811. The van der Waals surface area contributed by atoms with E-state index in [2.05, 4.69) is 30.8 Å². The average Bonchev–Trinajstić information content (AvgIpc) is 3.42. The molecule has 2 heterocycles. The van der Waals surface area contributed by atoms with Crippen LogP contribution in [-0.2, 0) is 0 Å². The number of rotatable bonds is 4. The number of carbonyl (C=O) groups excluding carboxylic acids is 1. The molecule has 0 spiro atoms. The number of nitrogens with zero attached hydrogens (tertiary/aromatic N) is 3. The van der Waals surface area contributed by atoms with Gasteiger partial charge in [0.1, 0.15) is 5.69 Å². The summed E-state index contributed by atoms with van der Waals surface area (Å²) in [6, 6.07) is 12.8. The molecule has 2 aromatic heterocycles. The number of urea groups is 1. The van der Waals surface area contributed by atoms with Crippen LogP contribution in [-0.4, -0.2) is 37.3 Å². The van der Waals surface area contributed by atoms with Gasteiger partial charge in [0.15, 0.2) is 5.82 Å². The Hall–Kier alpha value is -3.65. The molecule has 0 radical (unpaired) electrons. The molecule has 1 fully saturated rings. The molecule has 8 nitrogen and oxygen atoms in total. The number of hydrogen-bond acceptors (Lipinski definition) is 5. The first kappa shape index (κ1) is 18.4. The molecule has 150 valence electrons. The van der Waals surface area contributed by atoms with E-state index < -0.39 is 6.03 Å². The van der Waals surface area contributed by atoms with Gasteiger partial charge in [0.05, 0.1) is 22.4 Å². The molecule has 0 aliphatic heterocycles. The molecule has 1 aliphatic carbocycles. The second-order valence-corrected chi connectivity index (χ2v) is 7.53. The standard InChI is InChI=1S/C21H17ClN6O2/c22-15-9-12(8-13-10-23-28-16(13)15)18-17(11-4-2-1-3-5-11)25-19(20(29)26-18)27-21(30)24-14-6-7-14/h1-5,8-10,14H,6-7H2,(H,23,28)(H,26,29)(H2,24,25,27,30). The highest BCUT2D eigenvalue weighted by Crippen LogP contribution is 2.36. The van der Waals surface area contributed by atoms with Crippen LogP contribution in [0.2, 0.25) is 5.02 Å². The van der Waals surface area contributed by atoms with Crippen LogP contribution in [0.5, 0.6) is 5.88 Å². The fourth-order valence-electron chi connectivity index (χ4n) is 3.22. The smallest absolute Gasteiger partial charge is 0.320 e. The normalized spacial score (nSPS) is 13.4. The van der Waals surface area contributed by atoms with Gasteiger partial charge in [-0.15, -0.1) is 0 Å². The second-order valence-electron chi connectivity index (χ2n) is 7.12. The Morgan fingerprint density at radius 1 is 1.10 bits per heavy atom. The lowest BCUT2D eigenvalue weighted by molar-refractivity contribution is 0.251. The van der Waals surface area contributed by atoms with Crippen molar-refractivity contribution < 1.29 is 9.90 Å². The molecule has 1 aliphatic rings. The van der Waals surface area contributed by atoms with Crippen molar-refractivity contribution in [2.24, 2.45) is 0 Å². The van der Waals surface area contributed by atoms with Crippen molar-refractivity contribution in [2.75, 3.05) is 5.32 Å². The van der Waals surface area contributed by atoms with Gasteiger partial charge in [-0.1, -0.05) is 41.9 Å². The van der Waals surface area contributed by atoms with Gasteiger partial charge in [-0.25, -0.2) is 14.8 Å². The maximum atomic E-state index is 12.2. The van der Waals surface area contributed by atoms with Crippen LogP contribution < -0.4 is 10.6 Å². The van der Waals surface area contributed by atoms with E-state index in [0.29, 0.717) is 27.5 Å². The van der Waals surface area contributed by atoms with Crippen molar-refractivity contribution in [3.8, 4) is 28.4 Å². The fraction of sp³-hybridized carbons (Fsp3) is 0.143. The SMILES string of the molecule is O=C(Nc1nc(-c2ccccc2)c(-c2cc(Cl)c3[nH]ncc3c2)nc1O)NC1CC1. The van der Waals surface area contributed by atoms with E-state index in [1.54, 1.807) is 12.3 Å². The van der Waals surface area contributed by atoms with Gasteiger partial charge >= 0.3 is 6.03 Å². The minimum atomic E-state index is -0.420. The van der Waals surface area contributed by atoms with Crippen molar-refractivity contribution >= 4 is 34.4 Å². The van der Waals surface area contributed by atoms with Crippen LogP contribution >= 0.6 is 11.6 Å². The number of hydrogen-bond donors (Lipinski definition) is 4. The number of halogens is 1. The highest BCUT2D eigenvalue weighted by molar-refractivity contribution is 6.35. The molecule has 0 saturated heterocycles. The third kappa shape index (κ3) is 3.53. The number of anilines is 1. The molecular weight excluding hydrogens is 404 g/mol. The maximum Gasteiger partial charge on any atom is 0.320 e. The predicted molar refractivity (Wildman–Crippen MR) is 114 cm³/mol. The Kier molecular flexibility index (Phi) is 4.48. The van der Waals surface area contributed by atoms with Gasteiger partial charge in [-0.2, -0.15) is 5.10 Å². The maximum absolute atomic E-state index is 12.2. The fourth-order valence-corrected chi connectivity index (χ4v) is 3.49. The molecule has 9 heteroatoms. The first-order valence-corrected chi connectivity index (χ1v) is 9.83. The largest absolute Gasteiger partial charge is 0.491 e. The number of aromatic nitrogens is 4. The van der Waals surface area contributed by atoms with E-state index in [-0.39, 0.29) is 17.7 Å². The third-order valence-electron chi connectivity index (χ3n) is 4.84. The highest BCUT2D eigenvalue weighted by Gasteiger charge is 2.25. The van der Waals surface area contributed by atoms with Crippen molar-refractivity contribution in [1.29, 1.82) is 0 Å². The number of aromatic amines is 1. The van der Waals surface area contributed by atoms with E-state index >= 15 is 0 Å². The molecule has 0 atom stereocenters. The van der Waals surface area contributed by atoms with E-state index in [1.807, 2.05) is 36.4 Å². The van der Waals surface area contributed by atoms with Crippen LogP contribution in [0.1, 0.15) is 12.8 Å². The molecule has 4 aromatic rings. The van der Waals surface area contributed by atoms with Gasteiger partial charge in [0, 0.05) is 22.6 Å². The van der Waals surface area contributed by atoms with E-state index in [1.165, 1.54) is 0 Å². The number of nitrogens with one attached hydrogen (secondary N) is 3. The van der Waals surface area contributed by atoms with Gasteiger partial charge in [0.2, 0.25) is 0 Å². The molecule has 2 amide bonds. The zero-order valence-corrected chi connectivity index (χ0v) is 16.4. The van der Waals surface area contributed by atoms with E-state index in [9.17, 15) is 9.90 Å².